The van der Waals surface area contributed by atoms with Crippen LogP contribution >= 0.6 is 31.9 Å². The monoisotopic (exact) mass is 382 g/mol. The molecule has 0 saturated heterocycles. The van der Waals surface area contributed by atoms with E-state index in [9.17, 15) is 0 Å². The smallest absolute Gasteiger partial charge is 0.134 e. The highest BCUT2D eigenvalue weighted by molar-refractivity contribution is 9.10. The summed E-state index contributed by atoms with van der Waals surface area (Å²) >= 11 is 7.00. The van der Waals surface area contributed by atoms with Gasteiger partial charge in [-0.15, -0.1) is 0 Å². The van der Waals surface area contributed by atoms with Crippen LogP contribution in [0.15, 0.2) is 40.9 Å². The fourth-order valence-corrected chi connectivity index (χ4v) is 2.75. The van der Waals surface area contributed by atoms with E-state index in [1.807, 2.05) is 6.07 Å². The van der Waals surface area contributed by atoms with Crippen LogP contribution in [0.1, 0.15) is 22.3 Å². The van der Waals surface area contributed by atoms with Gasteiger partial charge in [0.25, 0.3) is 0 Å². The Bertz CT molecular complexity index is 579. The first kappa shape index (κ1) is 14.6. The summed E-state index contributed by atoms with van der Waals surface area (Å²) in [6.45, 7) is 4.81. The molecule has 0 aromatic heterocycles. The first-order valence-electron chi connectivity index (χ1n) is 6.13. The van der Waals surface area contributed by atoms with Gasteiger partial charge in [-0.1, -0.05) is 45.8 Å². The third kappa shape index (κ3) is 3.83. The Hall–Kier alpha value is -0.800. The fraction of sp³-hybridized carbons (Fsp3) is 0.250. The van der Waals surface area contributed by atoms with Crippen molar-refractivity contribution in [3.8, 4) is 5.75 Å². The van der Waals surface area contributed by atoms with E-state index >= 15 is 0 Å². The van der Waals surface area contributed by atoms with Gasteiger partial charge in [-0.2, -0.15) is 0 Å². The van der Waals surface area contributed by atoms with Gasteiger partial charge in [-0.25, -0.2) is 0 Å². The number of ether oxygens (including phenoxy) is 1. The zero-order valence-corrected chi connectivity index (χ0v) is 14.2. The maximum Gasteiger partial charge on any atom is 0.134 e. The zero-order valence-electron chi connectivity index (χ0n) is 11.0. The maximum absolute atomic E-state index is 5.90. The summed E-state index contributed by atoms with van der Waals surface area (Å²) in [7, 11) is 0. The molecule has 0 N–H and O–H groups in total. The Kier molecular flexibility index (Phi) is 5.06. The zero-order chi connectivity index (χ0) is 13.8. The summed E-state index contributed by atoms with van der Waals surface area (Å²) in [6.07, 6.45) is 0. The summed E-state index contributed by atoms with van der Waals surface area (Å²) in [5.74, 6) is 0.880. The lowest BCUT2D eigenvalue weighted by Crippen LogP contribution is -1.99. The predicted molar refractivity (Wildman–Crippen MR) is 87.0 cm³/mol. The topological polar surface area (TPSA) is 9.23 Å². The van der Waals surface area contributed by atoms with Crippen molar-refractivity contribution in [3.63, 3.8) is 0 Å². The third-order valence-electron chi connectivity index (χ3n) is 3.04. The lowest BCUT2D eigenvalue weighted by Gasteiger charge is -2.11. The molecule has 0 spiro atoms. The summed E-state index contributed by atoms with van der Waals surface area (Å²) in [6, 6.07) is 12.6. The minimum Gasteiger partial charge on any atom is -0.488 e. The molecule has 100 valence electrons. The lowest BCUT2D eigenvalue weighted by atomic mass is 10.1. The van der Waals surface area contributed by atoms with Gasteiger partial charge in [-0.3, -0.25) is 0 Å². The van der Waals surface area contributed by atoms with E-state index < -0.39 is 0 Å². The van der Waals surface area contributed by atoms with Gasteiger partial charge in [0.2, 0.25) is 0 Å². The molecule has 2 aromatic carbocycles. The van der Waals surface area contributed by atoms with E-state index in [0.29, 0.717) is 6.61 Å². The van der Waals surface area contributed by atoms with Crippen LogP contribution in [0, 0.1) is 13.8 Å². The van der Waals surface area contributed by atoms with Crippen molar-refractivity contribution in [1.29, 1.82) is 0 Å². The minimum atomic E-state index is 0.597. The molecule has 1 nitrogen and oxygen atoms in total. The summed E-state index contributed by atoms with van der Waals surface area (Å²) in [4.78, 5) is 0. The van der Waals surface area contributed by atoms with E-state index in [1.165, 1.54) is 22.3 Å². The van der Waals surface area contributed by atoms with Gasteiger partial charge in [-0.05, 0) is 58.6 Å². The summed E-state index contributed by atoms with van der Waals surface area (Å²) in [5.41, 5.74) is 4.99. The van der Waals surface area contributed by atoms with Crippen LogP contribution in [-0.2, 0) is 11.9 Å². The SMILES string of the molecule is Cc1ccc(C)c(COc2ccc(CBr)cc2Br)c1. The number of alkyl halides is 1. The normalized spacial score (nSPS) is 10.5. The van der Waals surface area contributed by atoms with Crippen LogP contribution < -0.4 is 4.74 Å². The van der Waals surface area contributed by atoms with Gasteiger partial charge in [0.15, 0.2) is 0 Å². The maximum atomic E-state index is 5.90. The molecular formula is C16H16Br2O. The molecule has 0 unspecified atom stereocenters. The molecule has 19 heavy (non-hydrogen) atoms. The van der Waals surface area contributed by atoms with Crippen molar-refractivity contribution < 1.29 is 4.74 Å². The second-order valence-electron chi connectivity index (χ2n) is 4.62. The Labute approximate surface area is 131 Å². The second-order valence-corrected chi connectivity index (χ2v) is 6.03. The number of hydrogen-bond acceptors (Lipinski definition) is 1. The molecule has 0 atom stereocenters. The van der Waals surface area contributed by atoms with Crippen LogP contribution in [0.2, 0.25) is 0 Å². The molecule has 3 heteroatoms. The van der Waals surface area contributed by atoms with Gasteiger partial charge in [0.1, 0.15) is 12.4 Å². The number of halogens is 2. The Morgan fingerprint density at radius 3 is 2.53 bits per heavy atom. The third-order valence-corrected chi connectivity index (χ3v) is 4.31. The molecule has 0 bridgehead atoms. The molecule has 0 fully saturated rings. The highest BCUT2D eigenvalue weighted by Crippen LogP contribution is 2.28. The van der Waals surface area contributed by atoms with Crippen LogP contribution in [0.25, 0.3) is 0 Å². The van der Waals surface area contributed by atoms with Crippen molar-refractivity contribution in [2.24, 2.45) is 0 Å². The average Bonchev–Trinajstić information content (AvgIpc) is 2.40. The van der Waals surface area contributed by atoms with Gasteiger partial charge >= 0.3 is 0 Å². The van der Waals surface area contributed by atoms with E-state index in [2.05, 4.69) is 76.0 Å². The van der Waals surface area contributed by atoms with Crippen LogP contribution in [0.3, 0.4) is 0 Å². The van der Waals surface area contributed by atoms with Crippen molar-refractivity contribution in [3.05, 3.63) is 63.1 Å². The van der Waals surface area contributed by atoms with Crippen molar-refractivity contribution in [1.82, 2.24) is 0 Å². The number of rotatable bonds is 4. The lowest BCUT2D eigenvalue weighted by molar-refractivity contribution is 0.303. The molecule has 0 heterocycles. The number of aryl methyl sites for hydroxylation is 2. The van der Waals surface area contributed by atoms with Crippen molar-refractivity contribution in [2.45, 2.75) is 25.8 Å². The molecule has 0 saturated carbocycles. The molecular weight excluding hydrogens is 368 g/mol. The Morgan fingerprint density at radius 1 is 1.05 bits per heavy atom. The van der Waals surface area contributed by atoms with E-state index in [4.69, 9.17) is 4.74 Å². The van der Waals surface area contributed by atoms with Crippen LogP contribution in [0.4, 0.5) is 0 Å². The standard InChI is InChI=1S/C16H16Br2O/c1-11-3-4-12(2)14(7-11)10-19-16-6-5-13(9-17)8-15(16)18/h3-8H,9-10H2,1-2H3. The molecule has 0 aliphatic heterocycles. The first-order chi connectivity index (χ1) is 9.10. The van der Waals surface area contributed by atoms with Crippen LogP contribution in [-0.4, -0.2) is 0 Å². The van der Waals surface area contributed by atoms with E-state index in [1.54, 1.807) is 0 Å². The summed E-state index contributed by atoms with van der Waals surface area (Å²) < 4.78 is 6.89. The molecule has 0 aliphatic rings. The highest BCUT2D eigenvalue weighted by atomic mass is 79.9. The molecule has 0 aliphatic carbocycles. The number of hydrogen-bond donors (Lipinski definition) is 0. The molecule has 0 amide bonds. The Balaban J connectivity index is 2.12. The quantitative estimate of drug-likeness (QED) is 0.629. The second kappa shape index (κ2) is 6.58. The number of benzene rings is 2. The van der Waals surface area contributed by atoms with Crippen molar-refractivity contribution in [2.75, 3.05) is 0 Å². The minimum absolute atomic E-state index is 0.597. The van der Waals surface area contributed by atoms with Gasteiger partial charge in [0, 0.05) is 5.33 Å². The predicted octanol–water partition coefficient (Wildman–Crippen LogP) is 5.54. The largest absolute Gasteiger partial charge is 0.488 e. The fourth-order valence-electron chi connectivity index (χ4n) is 1.86. The molecule has 2 aromatic rings. The molecule has 2 rings (SSSR count). The van der Waals surface area contributed by atoms with Crippen molar-refractivity contribution >= 4 is 31.9 Å². The van der Waals surface area contributed by atoms with Crippen LogP contribution in [0.5, 0.6) is 5.75 Å². The highest BCUT2D eigenvalue weighted by Gasteiger charge is 2.04. The average molecular weight is 384 g/mol. The van der Waals surface area contributed by atoms with Gasteiger partial charge in [0.05, 0.1) is 4.47 Å². The molecule has 0 radical (unpaired) electrons. The van der Waals surface area contributed by atoms with Gasteiger partial charge < -0.3 is 4.74 Å². The van der Waals surface area contributed by atoms with E-state index in [-0.39, 0.29) is 0 Å². The Morgan fingerprint density at radius 2 is 1.84 bits per heavy atom. The van der Waals surface area contributed by atoms with E-state index in [0.717, 1.165) is 15.6 Å². The first-order valence-corrected chi connectivity index (χ1v) is 8.05. The summed E-state index contributed by atoms with van der Waals surface area (Å²) in [5, 5.41) is 0.850.